The SMILES string of the molecule is CCCN(CCC)C(=O)c1cc(CC)c(C)s1. The standard InChI is InChI=1S/C14H23NOS/c1-5-8-15(9-6-2)14(16)13-10-12(7-3)11(4)17-13/h10H,5-9H2,1-4H3. The Hall–Kier alpha value is -0.830. The molecular weight excluding hydrogens is 230 g/mol. The Labute approximate surface area is 109 Å². The summed E-state index contributed by atoms with van der Waals surface area (Å²) in [5.41, 5.74) is 1.31. The van der Waals surface area contributed by atoms with Crippen molar-refractivity contribution in [1.82, 2.24) is 4.90 Å². The van der Waals surface area contributed by atoms with Crippen LogP contribution in [0.25, 0.3) is 0 Å². The topological polar surface area (TPSA) is 20.3 Å². The van der Waals surface area contributed by atoms with Gasteiger partial charge < -0.3 is 4.90 Å². The third-order valence-corrected chi connectivity index (χ3v) is 3.97. The molecule has 1 aromatic rings. The van der Waals surface area contributed by atoms with Crippen molar-refractivity contribution >= 4 is 17.2 Å². The van der Waals surface area contributed by atoms with Gasteiger partial charge in [0.1, 0.15) is 0 Å². The first-order valence-electron chi connectivity index (χ1n) is 6.52. The molecule has 0 N–H and O–H groups in total. The first-order valence-corrected chi connectivity index (χ1v) is 7.34. The maximum absolute atomic E-state index is 12.3. The van der Waals surface area contributed by atoms with Gasteiger partial charge in [0.25, 0.3) is 5.91 Å². The van der Waals surface area contributed by atoms with E-state index in [1.807, 2.05) is 4.90 Å². The predicted molar refractivity (Wildman–Crippen MR) is 74.9 cm³/mol. The summed E-state index contributed by atoms with van der Waals surface area (Å²) in [4.78, 5) is 16.5. The van der Waals surface area contributed by atoms with Crippen LogP contribution in [-0.2, 0) is 6.42 Å². The molecule has 0 aliphatic rings. The molecule has 0 aliphatic heterocycles. The number of amides is 1. The minimum Gasteiger partial charge on any atom is -0.338 e. The zero-order valence-corrected chi connectivity index (χ0v) is 12.2. The van der Waals surface area contributed by atoms with Gasteiger partial charge >= 0.3 is 0 Å². The van der Waals surface area contributed by atoms with Crippen molar-refractivity contribution in [2.45, 2.75) is 47.0 Å². The Balaban J connectivity index is 2.84. The Kier molecular flexibility index (Phi) is 5.69. The van der Waals surface area contributed by atoms with E-state index in [1.54, 1.807) is 11.3 Å². The second kappa shape index (κ2) is 6.80. The molecule has 0 fully saturated rings. The fourth-order valence-corrected chi connectivity index (χ4v) is 3.07. The lowest BCUT2D eigenvalue weighted by Gasteiger charge is -2.20. The van der Waals surface area contributed by atoms with Crippen molar-refractivity contribution in [1.29, 1.82) is 0 Å². The highest BCUT2D eigenvalue weighted by Crippen LogP contribution is 2.23. The maximum Gasteiger partial charge on any atom is 0.263 e. The number of nitrogens with zero attached hydrogens (tertiary/aromatic N) is 1. The fourth-order valence-electron chi connectivity index (χ4n) is 1.99. The van der Waals surface area contributed by atoms with Gasteiger partial charge in [0, 0.05) is 18.0 Å². The first-order chi connectivity index (χ1) is 8.13. The van der Waals surface area contributed by atoms with E-state index in [0.29, 0.717) is 0 Å². The Morgan fingerprint density at radius 1 is 1.24 bits per heavy atom. The average molecular weight is 253 g/mol. The summed E-state index contributed by atoms with van der Waals surface area (Å²) in [7, 11) is 0. The van der Waals surface area contributed by atoms with E-state index in [9.17, 15) is 4.79 Å². The van der Waals surface area contributed by atoms with Crippen molar-refractivity contribution in [3.8, 4) is 0 Å². The van der Waals surface area contributed by atoms with Crippen LogP contribution < -0.4 is 0 Å². The van der Waals surface area contributed by atoms with Crippen molar-refractivity contribution in [2.24, 2.45) is 0 Å². The van der Waals surface area contributed by atoms with Gasteiger partial charge in [0.15, 0.2) is 0 Å². The molecule has 1 heterocycles. The van der Waals surface area contributed by atoms with Crippen molar-refractivity contribution in [3.05, 3.63) is 21.4 Å². The molecule has 0 aromatic carbocycles. The smallest absolute Gasteiger partial charge is 0.263 e. The average Bonchev–Trinajstić information content (AvgIpc) is 2.69. The Morgan fingerprint density at radius 2 is 1.82 bits per heavy atom. The van der Waals surface area contributed by atoms with Crippen molar-refractivity contribution in [3.63, 3.8) is 0 Å². The summed E-state index contributed by atoms with van der Waals surface area (Å²) < 4.78 is 0. The molecule has 0 atom stereocenters. The molecule has 3 heteroatoms. The number of rotatable bonds is 6. The molecule has 0 unspecified atom stereocenters. The summed E-state index contributed by atoms with van der Waals surface area (Å²) in [6, 6.07) is 2.07. The molecule has 0 radical (unpaired) electrons. The van der Waals surface area contributed by atoms with E-state index in [1.165, 1.54) is 10.4 Å². The lowest BCUT2D eigenvalue weighted by Crippen LogP contribution is -2.31. The van der Waals surface area contributed by atoms with E-state index in [4.69, 9.17) is 0 Å². The molecule has 2 nitrogen and oxygen atoms in total. The zero-order chi connectivity index (χ0) is 12.8. The molecule has 0 spiro atoms. The summed E-state index contributed by atoms with van der Waals surface area (Å²) in [6.45, 7) is 10.2. The summed E-state index contributed by atoms with van der Waals surface area (Å²) >= 11 is 1.64. The third-order valence-electron chi connectivity index (χ3n) is 2.89. The van der Waals surface area contributed by atoms with E-state index >= 15 is 0 Å². The molecule has 17 heavy (non-hydrogen) atoms. The lowest BCUT2D eigenvalue weighted by molar-refractivity contribution is 0.0760. The van der Waals surface area contributed by atoms with Gasteiger partial charge in [-0.3, -0.25) is 4.79 Å². The highest BCUT2D eigenvalue weighted by molar-refractivity contribution is 7.14. The predicted octanol–water partition coefficient (Wildman–Crippen LogP) is 3.88. The highest BCUT2D eigenvalue weighted by atomic mass is 32.1. The molecule has 0 bridgehead atoms. The van der Waals surface area contributed by atoms with Crippen LogP contribution in [0.4, 0.5) is 0 Å². The second-order valence-corrected chi connectivity index (χ2v) is 5.59. The van der Waals surface area contributed by atoms with Crippen LogP contribution >= 0.6 is 11.3 Å². The number of carbonyl (C=O) groups excluding carboxylic acids is 1. The van der Waals surface area contributed by atoms with Gasteiger partial charge in [-0.15, -0.1) is 11.3 Å². The lowest BCUT2D eigenvalue weighted by atomic mass is 10.2. The van der Waals surface area contributed by atoms with E-state index in [-0.39, 0.29) is 5.91 Å². The Morgan fingerprint density at radius 3 is 2.24 bits per heavy atom. The molecule has 1 rings (SSSR count). The molecule has 0 saturated heterocycles. The highest BCUT2D eigenvalue weighted by Gasteiger charge is 2.17. The second-order valence-electron chi connectivity index (χ2n) is 4.34. The molecule has 0 aliphatic carbocycles. The summed E-state index contributed by atoms with van der Waals surface area (Å²) in [6.07, 6.45) is 3.06. The van der Waals surface area contributed by atoms with E-state index in [0.717, 1.165) is 37.2 Å². The van der Waals surface area contributed by atoms with Gasteiger partial charge in [-0.1, -0.05) is 20.8 Å². The molecule has 1 amide bonds. The van der Waals surface area contributed by atoms with Crippen LogP contribution in [0.3, 0.4) is 0 Å². The van der Waals surface area contributed by atoms with Crippen molar-refractivity contribution < 1.29 is 4.79 Å². The first kappa shape index (κ1) is 14.2. The third kappa shape index (κ3) is 3.56. The van der Waals surface area contributed by atoms with Gasteiger partial charge in [0.2, 0.25) is 0 Å². The number of hydrogen-bond donors (Lipinski definition) is 0. The minimum atomic E-state index is 0.210. The summed E-state index contributed by atoms with van der Waals surface area (Å²) in [5, 5.41) is 0. The monoisotopic (exact) mass is 253 g/mol. The van der Waals surface area contributed by atoms with E-state index in [2.05, 4.69) is 33.8 Å². The van der Waals surface area contributed by atoms with Crippen LogP contribution in [0, 0.1) is 6.92 Å². The van der Waals surface area contributed by atoms with Gasteiger partial charge in [-0.2, -0.15) is 0 Å². The minimum absolute atomic E-state index is 0.210. The number of aryl methyl sites for hydroxylation is 2. The van der Waals surface area contributed by atoms with Crippen LogP contribution in [0.5, 0.6) is 0 Å². The largest absolute Gasteiger partial charge is 0.338 e. The number of thiophene rings is 1. The van der Waals surface area contributed by atoms with Gasteiger partial charge in [0.05, 0.1) is 4.88 Å². The van der Waals surface area contributed by atoms with Gasteiger partial charge in [-0.05, 0) is 37.8 Å². The fraction of sp³-hybridized carbons (Fsp3) is 0.643. The molecule has 1 aromatic heterocycles. The van der Waals surface area contributed by atoms with Crippen LogP contribution in [0.1, 0.15) is 53.7 Å². The zero-order valence-electron chi connectivity index (χ0n) is 11.4. The molecule has 0 saturated carbocycles. The normalized spacial score (nSPS) is 10.6. The number of carbonyl (C=O) groups is 1. The van der Waals surface area contributed by atoms with Crippen LogP contribution in [0.15, 0.2) is 6.07 Å². The van der Waals surface area contributed by atoms with Crippen LogP contribution in [0.2, 0.25) is 0 Å². The van der Waals surface area contributed by atoms with Gasteiger partial charge in [-0.25, -0.2) is 0 Å². The quantitative estimate of drug-likeness (QED) is 0.753. The Bertz CT molecular complexity index is 364. The summed E-state index contributed by atoms with van der Waals surface area (Å²) in [5.74, 6) is 0.210. The van der Waals surface area contributed by atoms with Crippen molar-refractivity contribution in [2.75, 3.05) is 13.1 Å². The van der Waals surface area contributed by atoms with Crippen LogP contribution in [-0.4, -0.2) is 23.9 Å². The number of hydrogen-bond acceptors (Lipinski definition) is 2. The molecule has 96 valence electrons. The molecular formula is C14H23NOS. The maximum atomic E-state index is 12.3. The van der Waals surface area contributed by atoms with E-state index < -0.39 is 0 Å².